The highest BCUT2D eigenvalue weighted by Gasteiger charge is 2.06. The van der Waals surface area contributed by atoms with Crippen molar-refractivity contribution < 1.29 is 9.84 Å². The number of aliphatic hydroxyl groups is 1. The van der Waals surface area contributed by atoms with E-state index < -0.39 is 0 Å². The molecule has 1 aromatic rings. The third-order valence-corrected chi connectivity index (χ3v) is 2.70. The molecule has 15 heavy (non-hydrogen) atoms. The Balaban J connectivity index is 2.38. The highest BCUT2D eigenvalue weighted by Crippen LogP contribution is 2.17. The van der Waals surface area contributed by atoms with E-state index in [1.807, 2.05) is 24.3 Å². The molecule has 0 aromatic heterocycles. The van der Waals surface area contributed by atoms with Gasteiger partial charge < -0.3 is 15.6 Å². The fourth-order valence-electron chi connectivity index (χ4n) is 1.20. The SMILES string of the molecule is NCC(CCO)COc1ccc(Br)cc1. The summed E-state index contributed by atoms with van der Waals surface area (Å²) in [7, 11) is 0. The van der Waals surface area contributed by atoms with Crippen LogP contribution >= 0.6 is 15.9 Å². The number of aliphatic hydroxyl groups excluding tert-OH is 1. The lowest BCUT2D eigenvalue weighted by Gasteiger charge is -2.14. The van der Waals surface area contributed by atoms with Gasteiger partial charge in [-0.3, -0.25) is 0 Å². The van der Waals surface area contributed by atoms with E-state index in [1.54, 1.807) is 0 Å². The van der Waals surface area contributed by atoms with Crippen molar-refractivity contribution in [3.05, 3.63) is 28.7 Å². The molecule has 0 bridgehead atoms. The first-order valence-electron chi connectivity index (χ1n) is 4.95. The average molecular weight is 274 g/mol. The topological polar surface area (TPSA) is 55.5 Å². The van der Waals surface area contributed by atoms with Crippen LogP contribution in [0.3, 0.4) is 0 Å². The van der Waals surface area contributed by atoms with Crippen LogP contribution in [0.4, 0.5) is 0 Å². The van der Waals surface area contributed by atoms with Crippen LogP contribution < -0.4 is 10.5 Å². The maximum atomic E-state index is 8.78. The minimum Gasteiger partial charge on any atom is -0.493 e. The molecular weight excluding hydrogens is 258 g/mol. The highest BCUT2D eigenvalue weighted by molar-refractivity contribution is 9.10. The standard InChI is InChI=1S/C11H16BrNO2/c12-10-1-3-11(4-2-10)15-8-9(7-13)5-6-14/h1-4,9,14H,5-8,13H2. The lowest BCUT2D eigenvalue weighted by Crippen LogP contribution is -2.22. The monoisotopic (exact) mass is 273 g/mol. The first-order chi connectivity index (χ1) is 7.26. The lowest BCUT2D eigenvalue weighted by atomic mass is 10.1. The number of hydrogen-bond donors (Lipinski definition) is 2. The van der Waals surface area contributed by atoms with Gasteiger partial charge >= 0.3 is 0 Å². The fourth-order valence-corrected chi connectivity index (χ4v) is 1.46. The van der Waals surface area contributed by atoms with Gasteiger partial charge in [0.05, 0.1) is 6.61 Å². The molecule has 3 N–H and O–H groups in total. The maximum absolute atomic E-state index is 8.78. The van der Waals surface area contributed by atoms with Crippen molar-refractivity contribution in [2.24, 2.45) is 11.7 Å². The first kappa shape index (κ1) is 12.5. The summed E-state index contributed by atoms with van der Waals surface area (Å²) < 4.78 is 6.58. The number of hydrogen-bond acceptors (Lipinski definition) is 3. The average Bonchev–Trinajstić information content (AvgIpc) is 2.26. The summed E-state index contributed by atoms with van der Waals surface area (Å²) in [6.07, 6.45) is 0.688. The summed E-state index contributed by atoms with van der Waals surface area (Å²) in [5.41, 5.74) is 5.55. The van der Waals surface area contributed by atoms with Crippen molar-refractivity contribution in [3.63, 3.8) is 0 Å². The summed E-state index contributed by atoms with van der Waals surface area (Å²) in [5, 5.41) is 8.78. The lowest BCUT2D eigenvalue weighted by molar-refractivity contribution is 0.201. The summed E-state index contributed by atoms with van der Waals surface area (Å²) in [6, 6.07) is 7.66. The van der Waals surface area contributed by atoms with Gasteiger partial charge in [0.1, 0.15) is 5.75 Å². The van der Waals surface area contributed by atoms with Crippen LogP contribution in [0, 0.1) is 5.92 Å². The van der Waals surface area contributed by atoms with Crippen molar-refractivity contribution in [1.82, 2.24) is 0 Å². The van der Waals surface area contributed by atoms with Crippen LogP contribution in [0.5, 0.6) is 5.75 Å². The number of halogens is 1. The van der Waals surface area contributed by atoms with E-state index >= 15 is 0 Å². The van der Waals surface area contributed by atoms with Gasteiger partial charge in [0.15, 0.2) is 0 Å². The van der Waals surface area contributed by atoms with Crippen molar-refractivity contribution in [2.75, 3.05) is 19.8 Å². The highest BCUT2D eigenvalue weighted by atomic mass is 79.9. The Morgan fingerprint density at radius 2 is 2.00 bits per heavy atom. The molecule has 0 spiro atoms. The number of rotatable bonds is 6. The molecule has 0 heterocycles. The molecule has 0 aliphatic rings. The van der Waals surface area contributed by atoms with Gasteiger partial charge in [-0.2, -0.15) is 0 Å². The first-order valence-corrected chi connectivity index (χ1v) is 5.75. The van der Waals surface area contributed by atoms with Gasteiger partial charge in [0.2, 0.25) is 0 Å². The van der Waals surface area contributed by atoms with Gasteiger partial charge in [-0.15, -0.1) is 0 Å². The van der Waals surface area contributed by atoms with E-state index in [1.165, 1.54) is 0 Å². The fraction of sp³-hybridized carbons (Fsp3) is 0.455. The Morgan fingerprint density at radius 3 is 2.53 bits per heavy atom. The van der Waals surface area contributed by atoms with E-state index in [4.69, 9.17) is 15.6 Å². The molecule has 1 rings (SSSR count). The van der Waals surface area contributed by atoms with E-state index in [-0.39, 0.29) is 12.5 Å². The smallest absolute Gasteiger partial charge is 0.119 e. The van der Waals surface area contributed by atoms with Crippen molar-refractivity contribution in [1.29, 1.82) is 0 Å². The normalized spacial score (nSPS) is 12.5. The summed E-state index contributed by atoms with van der Waals surface area (Å²) in [4.78, 5) is 0. The molecule has 0 saturated heterocycles. The van der Waals surface area contributed by atoms with Crippen LogP contribution in [0.1, 0.15) is 6.42 Å². The summed E-state index contributed by atoms with van der Waals surface area (Å²) in [5.74, 6) is 1.05. The third kappa shape index (κ3) is 4.64. The minimum absolute atomic E-state index is 0.158. The second kappa shape index (κ2) is 6.82. The van der Waals surface area contributed by atoms with Crippen molar-refractivity contribution >= 4 is 15.9 Å². The molecule has 0 radical (unpaired) electrons. The molecule has 1 unspecified atom stereocenters. The summed E-state index contributed by atoms with van der Waals surface area (Å²) in [6.45, 7) is 1.25. The van der Waals surface area contributed by atoms with E-state index in [0.717, 1.165) is 10.2 Å². The van der Waals surface area contributed by atoms with Crippen molar-refractivity contribution in [3.8, 4) is 5.75 Å². The molecule has 1 aromatic carbocycles. The molecule has 0 fully saturated rings. The summed E-state index contributed by atoms with van der Waals surface area (Å²) >= 11 is 3.36. The van der Waals surface area contributed by atoms with E-state index in [0.29, 0.717) is 19.6 Å². The Kier molecular flexibility index (Phi) is 5.68. The molecule has 3 nitrogen and oxygen atoms in total. The molecular formula is C11H16BrNO2. The maximum Gasteiger partial charge on any atom is 0.119 e. The predicted octanol–water partition coefficient (Wildman–Crippen LogP) is 1.79. The second-order valence-electron chi connectivity index (χ2n) is 3.38. The van der Waals surface area contributed by atoms with Crippen molar-refractivity contribution in [2.45, 2.75) is 6.42 Å². The largest absolute Gasteiger partial charge is 0.493 e. The molecule has 0 saturated carbocycles. The number of benzene rings is 1. The van der Waals surface area contributed by atoms with Gasteiger partial charge in [-0.25, -0.2) is 0 Å². The second-order valence-corrected chi connectivity index (χ2v) is 4.29. The van der Waals surface area contributed by atoms with Gasteiger partial charge in [-0.1, -0.05) is 15.9 Å². The quantitative estimate of drug-likeness (QED) is 0.831. The molecule has 0 amide bonds. The molecule has 0 aliphatic carbocycles. The van der Waals surface area contributed by atoms with Crippen LogP contribution in [0.25, 0.3) is 0 Å². The van der Waals surface area contributed by atoms with Crippen LogP contribution in [-0.4, -0.2) is 24.9 Å². The Bertz CT molecular complexity index is 276. The molecule has 0 aliphatic heterocycles. The minimum atomic E-state index is 0.158. The van der Waals surface area contributed by atoms with Gasteiger partial charge in [-0.05, 0) is 37.2 Å². The molecule has 4 heteroatoms. The zero-order valence-corrected chi connectivity index (χ0v) is 10.1. The Morgan fingerprint density at radius 1 is 1.33 bits per heavy atom. The molecule has 1 atom stereocenters. The predicted molar refractivity (Wildman–Crippen MR) is 63.9 cm³/mol. The van der Waals surface area contributed by atoms with Gasteiger partial charge in [0, 0.05) is 17.0 Å². The van der Waals surface area contributed by atoms with E-state index in [2.05, 4.69) is 15.9 Å². The molecule has 84 valence electrons. The van der Waals surface area contributed by atoms with Gasteiger partial charge in [0.25, 0.3) is 0 Å². The zero-order valence-electron chi connectivity index (χ0n) is 8.53. The van der Waals surface area contributed by atoms with Crippen LogP contribution in [-0.2, 0) is 0 Å². The number of nitrogens with two attached hydrogens (primary N) is 1. The Hall–Kier alpha value is -0.580. The van der Waals surface area contributed by atoms with Crippen LogP contribution in [0.15, 0.2) is 28.7 Å². The number of ether oxygens (including phenoxy) is 1. The third-order valence-electron chi connectivity index (χ3n) is 2.17. The van der Waals surface area contributed by atoms with E-state index in [9.17, 15) is 0 Å². The Labute approximate surface area is 98.4 Å². The van der Waals surface area contributed by atoms with Crippen LogP contribution in [0.2, 0.25) is 0 Å². The zero-order chi connectivity index (χ0) is 11.1.